The van der Waals surface area contributed by atoms with Crippen LogP contribution in [0, 0.1) is 5.41 Å². The third-order valence-corrected chi connectivity index (χ3v) is 2.47. The minimum atomic E-state index is 0.225. The van der Waals surface area contributed by atoms with Gasteiger partial charge in [0.2, 0.25) is 0 Å². The van der Waals surface area contributed by atoms with Crippen LogP contribution in [-0.4, -0.2) is 44.8 Å². The third-order valence-electron chi connectivity index (χ3n) is 2.47. The second kappa shape index (κ2) is 7.21. The molecule has 14 heavy (non-hydrogen) atoms. The van der Waals surface area contributed by atoms with Gasteiger partial charge in [0.25, 0.3) is 0 Å². The van der Waals surface area contributed by atoms with Crippen molar-refractivity contribution >= 4 is 0 Å². The van der Waals surface area contributed by atoms with Crippen molar-refractivity contribution in [1.29, 1.82) is 0 Å². The molecule has 0 saturated heterocycles. The summed E-state index contributed by atoms with van der Waals surface area (Å²) < 4.78 is 5.04. The summed E-state index contributed by atoms with van der Waals surface area (Å²) in [6, 6.07) is 0. The monoisotopic (exact) mass is 202 g/mol. The van der Waals surface area contributed by atoms with E-state index in [0.717, 1.165) is 39.2 Å². The molecule has 3 heteroatoms. The van der Waals surface area contributed by atoms with Gasteiger partial charge >= 0.3 is 0 Å². The normalized spacial score (nSPS) is 12.4. The molecule has 3 nitrogen and oxygen atoms in total. The van der Waals surface area contributed by atoms with Gasteiger partial charge in [-0.3, -0.25) is 0 Å². The summed E-state index contributed by atoms with van der Waals surface area (Å²) in [4.78, 5) is 2.44. The van der Waals surface area contributed by atoms with E-state index < -0.39 is 0 Å². The predicted octanol–water partition coefficient (Wildman–Crippen LogP) is 1.33. The highest BCUT2D eigenvalue weighted by molar-refractivity contribution is 4.74. The molecule has 0 aliphatic heterocycles. The van der Waals surface area contributed by atoms with E-state index in [1.807, 2.05) is 0 Å². The Hall–Kier alpha value is -0.120. The molecular formula is C11H26N2O. The Morgan fingerprint density at radius 2 is 2.00 bits per heavy atom. The highest BCUT2D eigenvalue weighted by Crippen LogP contribution is 2.14. The number of nitrogens with two attached hydrogens (primary N) is 1. The van der Waals surface area contributed by atoms with Crippen LogP contribution in [0.25, 0.3) is 0 Å². The average Bonchev–Trinajstić information content (AvgIpc) is 2.16. The predicted molar refractivity (Wildman–Crippen MR) is 61.4 cm³/mol. The van der Waals surface area contributed by atoms with Gasteiger partial charge in [0.1, 0.15) is 0 Å². The molecule has 0 spiro atoms. The molecule has 0 aromatic carbocycles. The van der Waals surface area contributed by atoms with E-state index in [1.54, 1.807) is 7.11 Å². The van der Waals surface area contributed by atoms with Crippen molar-refractivity contribution in [2.75, 3.05) is 39.9 Å². The Kier molecular flexibility index (Phi) is 7.15. The Labute approximate surface area is 88.6 Å². The zero-order valence-corrected chi connectivity index (χ0v) is 10.2. The van der Waals surface area contributed by atoms with E-state index in [0.29, 0.717) is 0 Å². The highest BCUT2D eigenvalue weighted by atomic mass is 16.5. The smallest absolute Gasteiger partial charge is 0.0474 e. The molecule has 2 N–H and O–H groups in total. The topological polar surface area (TPSA) is 38.5 Å². The van der Waals surface area contributed by atoms with Crippen molar-refractivity contribution in [2.24, 2.45) is 11.1 Å². The standard InChI is InChI=1S/C11H26N2O/c1-5-13(7-6-8-14-4)10-11(2,3)9-12/h5-10,12H2,1-4H3. The SMILES string of the molecule is CCN(CCCOC)CC(C)(C)CN. The van der Waals surface area contributed by atoms with Gasteiger partial charge in [-0.25, -0.2) is 0 Å². The lowest BCUT2D eigenvalue weighted by molar-refractivity contribution is 0.150. The van der Waals surface area contributed by atoms with Gasteiger partial charge < -0.3 is 15.4 Å². The average molecular weight is 202 g/mol. The number of hydrogen-bond donors (Lipinski definition) is 1. The maximum atomic E-state index is 5.71. The molecule has 0 aliphatic rings. The highest BCUT2D eigenvalue weighted by Gasteiger charge is 2.18. The van der Waals surface area contributed by atoms with Gasteiger partial charge in [-0.2, -0.15) is 0 Å². The van der Waals surface area contributed by atoms with Gasteiger partial charge in [0.15, 0.2) is 0 Å². The molecule has 0 fully saturated rings. The first-order valence-electron chi connectivity index (χ1n) is 5.47. The van der Waals surface area contributed by atoms with Crippen molar-refractivity contribution in [2.45, 2.75) is 27.2 Å². The van der Waals surface area contributed by atoms with Crippen LogP contribution in [0.3, 0.4) is 0 Å². The van der Waals surface area contributed by atoms with E-state index in [4.69, 9.17) is 10.5 Å². The molecule has 0 bridgehead atoms. The second-order valence-corrected chi connectivity index (χ2v) is 4.58. The molecule has 86 valence electrons. The minimum Gasteiger partial charge on any atom is -0.385 e. The number of methoxy groups -OCH3 is 1. The number of hydrogen-bond acceptors (Lipinski definition) is 3. The Balaban J connectivity index is 3.78. The fourth-order valence-corrected chi connectivity index (χ4v) is 1.45. The molecule has 0 amide bonds. The lowest BCUT2D eigenvalue weighted by Crippen LogP contribution is -2.39. The molecular weight excluding hydrogens is 176 g/mol. The van der Waals surface area contributed by atoms with Crippen LogP contribution in [0.4, 0.5) is 0 Å². The molecule has 0 heterocycles. The summed E-state index contributed by atoms with van der Waals surface area (Å²) in [5.74, 6) is 0. The van der Waals surface area contributed by atoms with Crippen LogP contribution in [0.15, 0.2) is 0 Å². The van der Waals surface area contributed by atoms with Crippen molar-refractivity contribution in [3.8, 4) is 0 Å². The molecule has 0 unspecified atom stereocenters. The zero-order chi connectivity index (χ0) is 11.0. The van der Waals surface area contributed by atoms with E-state index in [1.165, 1.54) is 0 Å². The van der Waals surface area contributed by atoms with Gasteiger partial charge in [-0.05, 0) is 24.9 Å². The minimum absolute atomic E-state index is 0.225. The van der Waals surface area contributed by atoms with Gasteiger partial charge in [0.05, 0.1) is 0 Å². The Bertz CT molecular complexity index is 137. The van der Waals surface area contributed by atoms with Crippen molar-refractivity contribution in [1.82, 2.24) is 4.90 Å². The van der Waals surface area contributed by atoms with Crippen LogP contribution >= 0.6 is 0 Å². The number of ether oxygens (including phenoxy) is 1. The number of nitrogens with zero attached hydrogens (tertiary/aromatic N) is 1. The molecule has 0 radical (unpaired) electrons. The Morgan fingerprint density at radius 3 is 2.43 bits per heavy atom. The molecule has 0 saturated carbocycles. The molecule has 0 aliphatic carbocycles. The van der Waals surface area contributed by atoms with Crippen LogP contribution in [0.1, 0.15) is 27.2 Å². The van der Waals surface area contributed by atoms with Crippen molar-refractivity contribution in [3.63, 3.8) is 0 Å². The summed E-state index contributed by atoms with van der Waals surface area (Å²) in [7, 11) is 1.75. The fourth-order valence-electron chi connectivity index (χ4n) is 1.45. The third kappa shape index (κ3) is 6.35. The van der Waals surface area contributed by atoms with Crippen LogP contribution in [0.2, 0.25) is 0 Å². The second-order valence-electron chi connectivity index (χ2n) is 4.58. The summed E-state index contributed by atoms with van der Waals surface area (Å²) >= 11 is 0. The Morgan fingerprint density at radius 1 is 1.36 bits per heavy atom. The summed E-state index contributed by atoms with van der Waals surface area (Å²) in [5.41, 5.74) is 5.94. The first-order chi connectivity index (χ1) is 6.55. The lowest BCUT2D eigenvalue weighted by atomic mass is 9.93. The van der Waals surface area contributed by atoms with Gasteiger partial charge in [-0.1, -0.05) is 20.8 Å². The maximum Gasteiger partial charge on any atom is 0.0474 e. The van der Waals surface area contributed by atoms with Crippen molar-refractivity contribution < 1.29 is 4.74 Å². The van der Waals surface area contributed by atoms with E-state index in [-0.39, 0.29) is 5.41 Å². The molecule has 0 aromatic heterocycles. The van der Waals surface area contributed by atoms with Gasteiger partial charge in [0, 0.05) is 26.8 Å². The van der Waals surface area contributed by atoms with E-state index >= 15 is 0 Å². The van der Waals surface area contributed by atoms with Gasteiger partial charge in [-0.15, -0.1) is 0 Å². The summed E-state index contributed by atoms with van der Waals surface area (Å²) in [6.07, 6.45) is 1.10. The van der Waals surface area contributed by atoms with E-state index in [2.05, 4.69) is 25.7 Å². The maximum absolute atomic E-state index is 5.71. The summed E-state index contributed by atoms with van der Waals surface area (Å²) in [6.45, 7) is 11.5. The molecule has 0 rings (SSSR count). The van der Waals surface area contributed by atoms with E-state index in [9.17, 15) is 0 Å². The summed E-state index contributed by atoms with van der Waals surface area (Å²) in [5, 5.41) is 0. The molecule has 0 aromatic rings. The first-order valence-corrected chi connectivity index (χ1v) is 5.47. The molecule has 0 atom stereocenters. The fraction of sp³-hybridized carbons (Fsp3) is 1.00. The zero-order valence-electron chi connectivity index (χ0n) is 10.2. The lowest BCUT2D eigenvalue weighted by Gasteiger charge is -2.30. The quantitative estimate of drug-likeness (QED) is 0.604. The largest absolute Gasteiger partial charge is 0.385 e. The number of rotatable bonds is 8. The first kappa shape index (κ1) is 13.9. The van der Waals surface area contributed by atoms with Crippen LogP contribution in [0.5, 0.6) is 0 Å². The van der Waals surface area contributed by atoms with Crippen LogP contribution in [-0.2, 0) is 4.74 Å². The van der Waals surface area contributed by atoms with Crippen LogP contribution < -0.4 is 5.73 Å². The van der Waals surface area contributed by atoms with Crippen molar-refractivity contribution in [3.05, 3.63) is 0 Å².